The molecule has 2 aliphatic rings. The zero-order valence-electron chi connectivity index (χ0n) is 14.0. The Morgan fingerprint density at radius 1 is 1.15 bits per heavy atom. The highest BCUT2D eigenvalue weighted by Gasteiger charge is 2.32. The SMILES string of the molecule is CC(C)C1CCCCC1NCC(C)(C)N1CCOCC1. The average Bonchev–Trinajstić information content (AvgIpc) is 2.46. The third-order valence-electron chi connectivity index (χ3n) is 5.34. The van der Waals surface area contributed by atoms with Gasteiger partial charge in [0.2, 0.25) is 0 Å². The Morgan fingerprint density at radius 2 is 1.80 bits per heavy atom. The van der Waals surface area contributed by atoms with Gasteiger partial charge in [0.1, 0.15) is 0 Å². The van der Waals surface area contributed by atoms with Crippen LogP contribution < -0.4 is 5.32 Å². The van der Waals surface area contributed by atoms with Crippen LogP contribution in [0.25, 0.3) is 0 Å². The number of hydrogen-bond donors (Lipinski definition) is 1. The Balaban J connectivity index is 1.85. The molecule has 1 N–H and O–H groups in total. The van der Waals surface area contributed by atoms with Crippen molar-refractivity contribution in [3.8, 4) is 0 Å². The fourth-order valence-corrected chi connectivity index (χ4v) is 3.87. The summed E-state index contributed by atoms with van der Waals surface area (Å²) in [5, 5.41) is 3.91. The zero-order chi connectivity index (χ0) is 14.6. The predicted molar refractivity (Wildman–Crippen MR) is 85.1 cm³/mol. The largest absolute Gasteiger partial charge is 0.379 e. The van der Waals surface area contributed by atoms with E-state index < -0.39 is 0 Å². The zero-order valence-corrected chi connectivity index (χ0v) is 14.0. The van der Waals surface area contributed by atoms with Gasteiger partial charge in [0.15, 0.2) is 0 Å². The lowest BCUT2D eigenvalue weighted by Gasteiger charge is -2.43. The van der Waals surface area contributed by atoms with Gasteiger partial charge < -0.3 is 10.1 Å². The highest BCUT2D eigenvalue weighted by Crippen LogP contribution is 2.30. The summed E-state index contributed by atoms with van der Waals surface area (Å²) in [5.74, 6) is 1.67. The number of nitrogens with zero attached hydrogens (tertiary/aromatic N) is 1. The molecule has 20 heavy (non-hydrogen) atoms. The molecule has 0 amide bonds. The molecule has 3 nitrogen and oxygen atoms in total. The number of hydrogen-bond acceptors (Lipinski definition) is 3. The maximum atomic E-state index is 5.48. The molecule has 0 aromatic rings. The summed E-state index contributed by atoms with van der Waals surface area (Å²) in [4.78, 5) is 2.58. The molecule has 3 heteroatoms. The number of ether oxygens (including phenoxy) is 1. The van der Waals surface area contributed by atoms with Gasteiger partial charge in [0.25, 0.3) is 0 Å². The highest BCUT2D eigenvalue weighted by molar-refractivity contribution is 4.89. The molecule has 0 spiro atoms. The van der Waals surface area contributed by atoms with Crippen LogP contribution in [-0.2, 0) is 4.74 Å². The van der Waals surface area contributed by atoms with Crippen molar-refractivity contribution in [2.45, 2.75) is 65.0 Å². The van der Waals surface area contributed by atoms with E-state index in [9.17, 15) is 0 Å². The Labute approximate surface area is 125 Å². The molecule has 1 saturated carbocycles. The van der Waals surface area contributed by atoms with Gasteiger partial charge >= 0.3 is 0 Å². The van der Waals surface area contributed by atoms with Crippen molar-refractivity contribution in [1.29, 1.82) is 0 Å². The second-order valence-corrected chi connectivity index (χ2v) is 7.59. The van der Waals surface area contributed by atoms with Crippen molar-refractivity contribution >= 4 is 0 Å². The van der Waals surface area contributed by atoms with E-state index in [1.807, 2.05) is 0 Å². The van der Waals surface area contributed by atoms with E-state index in [-0.39, 0.29) is 5.54 Å². The van der Waals surface area contributed by atoms with E-state index in [4.69, 9.17) is 4.74 Å². The number of morpholine rings is 1. The van der Waals surface area contributed by atoms with Crippen LogP contribution in [0.2, 0.25) is 0 Å². The van der Waals surface area contributed by atoms with Crippen LogP contribution in [0.15, 0.2) is 0 Å². The van der Waals surface area contributed by atoms with Gasteiger partial charge in [0.05, 0.1) is 13.2 Å². The van der Waals surface area contributed by atoms with Crippen LogP contribution in [0, 0.1) is 11.8 Å². The standard InChI is InChI=1S/C17H34N2O/c1-14(2)15-7-5-6-8-16(15)18-13-17(3,4)19-9-11-20-12-10-19/h14-16,18H,5-13H2,1-4H3. The minimum Gasteiger partial charge on any atom is -0.379 e. The third kappa shape index (κ3) is 4.19. The van der Waals surface area contributed by atoms with E-state index in [1.165, 1.54) is 25.7 Å². The molecular weight excluding hydrogens is 248 g/mol. The minimum absolute atomic E-state index is 0.239. The van der Waals surface area contributed by atoms with Crippen LogP contribution in [-0.4, -0.2) is 49.3 Å². The number of rotatable bonds is 5. The van der Waals surface area contributed by atoms with Crippen molar-refractivity contribution in [3.63, 3.8) is 0 Å². The first-order valence-corrected chi connectivity index (χ1v) is 8.57. The second kappa shape index (κ2) is 7.24. The topological polar surface area (TPSA) is 24.5 Å². The van der Waals surface area contributed by atoms with E-state index in [1.54, 1.807) is 0 Å². The van der Waals surface area contributed by atoms with E-state index >= 15 is 0 Å². The maximum Gasteiger partial charge on any atom is 0.0594 e. The molecule has 1 aliphatic carbocycles. The molecule has 0 aromatic heterocycles. The Kier molecular flexibility index (Phi) is 5.88. The maximum absolute atomic E-state index is 5.48. The van der Waals surface area contributed by atoms with Crippen LogP contribution in [0.3, 0.4) is 0 Å². The fourth-order valence-electron chi connectivity index (χ4n) is 3.87. The molecule has 2 rings (SSSR count). The summed E-state index contributed by atoms with van der Waals surface area (Å²) >= 11 is 0. The first kappa shape index (κ1) is 16.3. The van der Waals surface area contributed by atoms with Crippen molar-refractivity contribution in [3.05, 3.63) is 0 Å². The minimum atomic E-state index is 0.239. The average molecular weight is 282 g/mol. The predicted octanol–water partition coefficient (Wildman–Crippen LogP) is 2.90. The fraction of sp³-hybridized carbons (Fsp3) is 1.00. The molecule has 1 saturated heterocycles. The molecular formula is C17H34N2O. The molecule has 0 aromatic carbocycles. The molecule has 0 radical (unpaired) electrons. The van der Waals surface area contributed by atoms with Crippen LogP contribution >= 0.6 is 0 Å². The number of nitrogens with one attached hydrogen (secondary N) is 1. The van der Waals surface area contributed by atoms with Gasteiger partial charge in [-0.2, -0.15) is 0 Å². The van der Waals surface area contributed by atoms with E-state index in [2.05, 4.69) is 37.9 Å². The van der Waals surface area contributed by atoms with Crippen LogP contribution in [0.1, 0.15) is 53.4 Å². The smallest absolute Gasteiger partial charge is 0.0594 e. The summed E-state index contributed by atoms with van der Waals surface area (Å²) in [6.07, 6.45) is 5.60. The highest BCUT2D eigenvalue weighted by atomic mass is 16.5. The first-order valence-electron chi connectivity index (χ1n) is 8.57. The lowest BCUT2D eigenvalue weighted by Crippen LogP contribution is -2.57. The molecule has 2 fully saturated rings. The summed E-state index contributed by atoms with van der Waals surface area (Å²) < 4.78 is 5.48. The second-order valence-electron chi connectivity index (χ2n) is 7.59. The summed E-state index contributed by atoms with van der Waals surface area (Å²) in [6, 6.07) is 0.726. The van der Waals surface area contributed by atoms with Gasteiger partial charge in [-0.05, 0) is 38.5 Å². The van der Waals surface area contributed by atoms with Crippen molar-refractivity contribution < 1.29 is 4.74 Å². The normalized spacial score (nSPS) is 29.9. The quantitative estimate of drug-likeness (QED) is 0.839. The van der Waals surface area contributed by atoms with Crippen LogP contribution in [0.5, 0.6) is 0 Å². The Morgan fingerprint density at radius 3 is 2.45 bits per heavy atom. The molecule has 1 aliphatic heterocycles. The van der Waals surface area contributed by atoms with Gasteiger partial charge in [-0.25, -0.2) is 0 Å². The molecule has 2 unspecified atom stereocenters. The summed E-state index contributed by atoms with van der Waals surface area (Å²) in [6.45, 7) is 14.6. The Bertz CT molecular complexity index is 285. The third-order valence-corrected chi connectivity index (χ3v) is 5.34. The van der Waals surface area contributed by atoms with Crippen molar-refractivity contribution in [2.75, 3.05) is 32.8 Å². The summed E-state index contributed by atoms with van der Waals surface area (Å²) in [7, 11) is 0. The van der Waals surface area contributed by atoms with Gasteiger partial charge in [-0.3, -0.25) is 4.90 Å². The molecule has 118 valence electrons. The van der Waals surface area contributed by atoms with E-state index in [0.29, 0.717) is 0 Å². The molecule has 1 heterocycles. The Hall–Kier alpha value is -0.120. The van der Waals surface area contributed by atoms with E-state index in [0.717, 1.165) is 50.7 Å². The van der Waals surface area contributed by atoms with Gasteiger partial charge in [0, 0.05) is 31.2 Å². The van der Waals surface area contributed by atoms with Crippen molar-refractivity contribution in [2.24, 2.45) is 11.8 Å². The lowest BCUT2D eigenvalue weighted by atomic mass is 9.77. The van der Waals surface area contributed by atoms with Gasteiger partial charge in [-0.15, -0.1) is 0 Å². The monoisotopic (exact) mass is 282 g/mol. The van der Waals surface area contributed by atoms with Crippen molar-refractivity contribution in [1.82, 2.24) is 10.2 Å². The first-order chi connectivity index (χ1) is 9.50. The van der Waals surface area contributed by atoms with Crippen LogP contribution in [0.4, 0.5) is 0 Å². The lowest BCUT2D eigenvalue weighted by molar-refractivity contribution is -0.0117. The summed E-state index contributed by atoms with van der Waals surface area (Å²) in [5.41, 5.74) is 0.239. The molecule has 0 bridgehead atoms. The molecule has 2 atom stereocenters. The van der Waals surface area contributed by atoms with Gasteiger partial charge in [-0.1, -0.05) is 26.7 Å².